The summed E-state index contributed by atoms with van der Waals surface area (Å²) in [7, 11) is 0. The number of benzene rings is 1. The first-order chi connectivity index (χ1) is 12.2. The highest BCUT2D eigenvalue weighted by Gasteiger charge is 2.29. The van der Waals surface area contributed by atoms with Crippen LogP contribution < -0.4 is 9.80 Å². The number of aryl methyl sites for hydroxylation is 1. The molecule has 2 aliphatic heterocycles. The molecule has 6 nitrogen and oxygen atoms in total. The first-order valence-electron chi connectivity index (χ1n) is 8.83. The topological polar surface area (TPSA) is 52.6 Å². The molecule has 1 atom stereocenters. The van der Waals surface area contributed by atoms with Gasteiger partial charge in [-0.1, -0.05) is 18.2 Å². The number of carbonyl (C=O) groups is 1. The van der Waals surface area contributed by atoms with Crippen LogP contribution in [0.1, 0.15) is 18.2 Å². The number of amides is 1. The van der Waals surface area contributed by atoms with Crippen molar-refractivity contribution in [1.29, 1.82) is 0 Å². The second kappa shape index (κ2) is 6.35. The molecule has 2 aromatic rings. The van der Waals surface area contributed by atoms with Crippen LogP contribution in [0.15, 0.2) is 30.3 Å². The second-order valence-electron chi connectivity index (χ2n) is 6.85. The minimum atomic E-state index is 0.381. The molecule has 1 unspecified atom stereocenters. The third-order valence-corrected chi connectivity index (χ3v) is 5.03. The number of rotatable bonds is 3. The van der Waals surface area contributed by atoms with Crippen LogP contribution in [-0.2, 0) is 11.2 Å². The maximum absolute atomic E-state index is 10.9. The fourth-order valence-corrected chi connectivity index (χ4v) is 3.74. The van der Waals surface area contributed by atoms with Crippen molar-refractivity contribution in [2.45, 2.75) is 26.3 Å². The summed E-state index contributed by atoms with van der Waals surface area (Å²) in [6, 6.07) is 11.0. The number of anilines is 3. The second-order valence-corrected chi connectivity index (χ2v) is 6.85. The van der Waals surface area contributed by atoms with Crippen molar-refractivity contribution in [3.63, 3.8) is 0 Å². The van der Waals surface area contributed by atoms with E-state index < -0.39 is 0 Å². The van der Waals surface area contributed by atoms with Gasteiger partial charge in [0, 0.05) is 49.7 Å². The zero-order valence-electron chi connectivity index (χ0n) is 14.7. The molecule has 0 aliphatic carbocycles. The van der Waals surface area contributed by atoms with E-state index in [1.165, 1.54) is 11.3 Å². The van der Waals surface area contributed by atoms with Crippen LogP contribution in [0.3, 0.4) is 0 Å². The lowest BCUT2D eigenvalue weighted by molar-refractivity contribution is -0.118. The quantitative estimate of drug-likeness (QED) is 0.803. The maximum atomic E-state index is 10.9. The molecule has 1 saturated heterocycles. The van der Waals surface area contributed by atoms with Crippen molar-refractivity contribution in [3.8, 4) is 0 Å². The molecule has 130 valence electrons. The third-order valence-electron chi connectivity index (χ3n) is 5.03. The SMILES string of the molecule is Cc1cc(N2c3ccccc3CC2C)nc(N2CCN(C=O)CC2)n1. The molecular formula is C19H23N5O. The minimum Gasteiger partial charge on any atom is -0.342 e. The maximum Gasteiger partial charge on any atom is 0.227 e. The van der Waals surface area contributed by atoms with Gasteiger partial charge >= 0.3 is 0 Å². The van der Waals surface area contributed by atoms with Crippen LogP contribution in [-0.4, -0.2) is 53.5 Å². The summed E-state index contributed by atoms with van der Waals surface area (Å²) >= 11 is 0. The molecule has 0 radical (unpaired) electrons. The van der Waals surface area contributed by atoms with Gasteiger partial charge in [0.2, 0.25) is 12.4 Å². The van der Waals surface area contributed by atoms with Crippen LogP contribution in [0.2, 0.25) is 0 Å². The lowest BCUT2D eigenvalue weighted by atomic mass is 10.1. The Balaban J connectivity index is 1.66. The summed E-state index contributed by atoms with van der Waals surface area (Å²) in [6.07, 6.45) is 1.95. The van der Waals surface area contributed by atoms with Crippen molar-refractivity contribution in [1.82, 2.24) is 14.9 Å². The molecule has 1 fully saturated rings. The van der Waals surface area contributed by atoms with Crippen molar-refractivity contribution in [3.05, 3.63) is 41.6 Å². The van der Waals surface area contributed by atoms with E-state index >= 15 is 0 Å². The standard InChI is InChI=1S/C19H23N5O/c1-14-11-18(24-15(2)12-16-5-3-4-6-17(16)24)21-19(20-14)23-9-7-22(13-25)8-10-23/h3-6,11,13,15H,7-10,12H2,1-2H3. The van der Waals surface area contributed by atoms with Gasteiger partial charge in [-0.2, -0.15) is 4.98 Å². The summed E-state index contributed by atoms with van der Waals surface area (Å²) in [5, 5.41) is 0. The van der Waals surface area contributed by atoms with Gasteiger partial charge in [0.1, 0.15) is 5.82 Å². The molecule has 2 aliphatic rings. The number of para-hydroxylation sites is 1. The Hall–Kier alpha value is -2.63. The fourth-order valence-electron chi connectivity index (χ4n) is 3.74. The van der Waals surface area contributed by atoms with Crippen molar-refractivity contribution in [2.75, 3.05) is 36.0 Å². The van der Waals surface area contributed by atoms with Gasteiger partial charge in [-0.05, 0) is 31.9 Å². The first kappa shape index (κ1) is 15.9. The van der Waals surface area contributed by atoms with Crippen molar-refractivity contribution in [2.24, 2.45) is 0 Å². The normalized spacial score (nSPS) is 19.9. The fraction of sp³-hybridized carbons (Fsp3) is 0.421. The zero-order valence-corrected chi connectivity index (χ0v) is 14.7. The largest absolute Gasteiger partial charge is 0.342 e. The van der Waals surface area contributed by atoms with Gasteiger partial charge < -0.3 is 14.7 Å². The predicted molar refractivity (Wildman–Crippen MR) is 98.4 cm³/mol. The molecule has 1 aromatic heterocycles. The van der Waals surface area contributed by atoms with Crippen LogP contribution in [0.25, 0.3) is 0 Å². The highest BCUT2D eigenvalue weighted by molar-refractivity contribution is 5.69. The van der Waals surface area contributed by atoms with Crippen LogP contribution >= 0.6 is 0 Å². The Morgan fingerprint density at radius 2 is 1.88 bits per heavy atom. The van der Waals surface area contributed by atoms with E-state index in [2.05, 4.69) is 52.0 Å². The van der Waals surface area contributed by atoms with E-state index in [4.69, 9.17) is 4.98 Å². The van der Waals surface area contributed by atoms with Crippen LogP contribution in [0, 0.1) is 6.92 Å². The van der Waals surface area contributed by atoms with E-state index in [1.807, 2.05) is 6.92 Å². The molecule has 0 saturated carbocycles. The van der Waals surface area contributed by atoms with E-state index in [1.54, 1.807) is 4.90 Å². The highest BCUT2D eigenvalue weighted by atomic mass is 16.1. The van der Waals surface area contributed by atoms with Gasteiger partial charge in [-0.25, -0.2) is 4.98 Å². The number of aromatic nitrogens is 2. The summed E-state index contributed by atoms with van der Waals surface area (Å²) < 4.78 is 0. The summed E-state index contributed by atoms with van der Waals surface area (Å²) in [5.41, 5.74) is 3.58. The molecule has 1 amide bonds. The predicted octanol–water partition coefficient (Wildman–Crippen LogP) is 2.15. The first-order valence-corrected chi connectivity index (χ1v) is 8.83. The summed E-state index contributed by atoms with van der Waals surface area (Å²) in [4.78, 5) is 26.7. The Morgan fingerprint density at radius 3 is 2.64 bits per heavy atom. The van der Waals surface area contributed by atoms with Gasteiger partial charge in [0.15, 0.2) is 0 Å². The summed E-state index contributed by atoms with van der Waals surface area (Å²) in [5.74, 6) is 1.72. The van der Waals surface area contributed by atoms with Crippen molar-refractivity contribution >= 4 is 23.9 Å². The third kappa shape index (κ3) is 2.92. The van der Waals surface area contributed by atoms with Gasteiger partial charge in [-0.3, -0.25) is 4.79 Å². The lowest BCUT2D eigenvalue weighted by Crippen LogP contribution is -2.46. The Kier molecular flexibility index (Phi) is 4.03. The van der Waals surface area contributed by atoms with Gasteiger partial charge in [0.25, 0.3) is 0 Å². The number of piperazine rings is 1. The van der Waals surface area contributed by atoms with E-state index in [0.717, 1.165) is 56.5 Å². The smallest absolute Gasteiger partial charge is 0.227 e. The van der Waals surface area contributed by atoms with Crippen molar-refractivity contribution < 1.29 is 4.79 Å². The molecule has 0 spiro atoms. The van der Waals surface area contributed by atoms with Gasteiger partial charge in [-0.15, -0.1) is 0 Å². The number of hydrogen-bond donors (Lipinski definition) is 0. The van der Waals surface area contributed by atoms with E-state index in [0.29, 0.717) is 6.04 Å². The number of carbonyl (C=O) groups excluding carboxylic acids is 1. The Morgan fingerprint density at radius 1 is 1.12 bits per heavy atom. The minimum absolute atomic E-state index is 0.381. The number of fused-ring (bicyclic) bond motifs is 1. The van der Waals surface area contributed by atoms with Crippen LogP contribution in [0.5, 0.6) is 0 Å². The number of hydrogen-bond acceptors (Lipinski definition) is 5. The van der Waals surface area contributed by atoms with E-state index in [9.17, 15) is 4.79 Å². The summed E-state index contributed by atoms with van der Waals surface area (Å²) in [6.45, 7) is 7.24. The molecule has 6 heteroatoms. The molecular weight excluding hydrogens is 314 g/mol. The molecule has 0 bridgehead atoms. The average Bonchev–Trinajstić information content (AvgIpc) is 2.97. The monoisotopic (exact) mass is 337 g/mol. The Bertz CT molecular complexity index is 785. The van der Waals surface area contributed by atoms with Crippen LogP contribution in [0.4, 0.5) is 17.5 Å². The lowest BCUT2D eigenvalue weighted by Gasteiger charge is -2.33. The Labute approximate surface area is 148 Å². The van der Waals surface area contributed by atoms with Gasteiger partial charge in [0.05, 0.1) is 0 Å². The molecule has 1 aromatic carbocycles. The average molecular weight is 337 g/mol. The highest BCUT2D eigenvalue weighted by Crippen LogP contribution is 2.37. The van der Waals surface area contributed by atoms with E-state index in [-0.39, 0.29) is 0 Å². The zero-order chi connectivity index (χ0) is 17.4. The molecule has 4 rings (SSSR count). The number of nitrogens with zero attached hydrogens (tertiary/aromatic N) is 5. The molecule has 25 heavy (non-hydrogen) atoms. The molecule has 3 heterocycles. The molecule has 0 N–H and O–H groups in total.